The third-order valence-electron chi connectivity index (χ3n) is 4.71. The molecule has 1 aliphatic rings. The summed E-state index contributed by atoms with van der Waals surface area (Å²) in [5.41, 5.74) is 0.657. The molecule has 1 N–H and O–H groups in total. The Morgan fingerprint density at radius 1 is 1.30 bits per heavy atom. The number of carbonyl (C=O) groups excluding carboxylic acids is 1. The van der Waals surface area contributed by atoms with Crippen molar-refractivity contribution in [3.63, 3.8) is 0 Å². The van der Waals surface area contributed by atoms with Crippen molar-refractivity contribution in [1.82, 2.24) is 15.0 Å². The van der Waals surface area contributed by atoms with Crippen LogP contribution in [0.15, 0.2) is 28.8 Å². The predicted molar refractivity (Wildman–Crippen MR) is 94.1 cm³/mol. The van der Waals surface area contributed by atoms with E-state index in [4.69, 9.17) is 4.52 Å². The van der Waals surface area contributed by atoms with Crippen LogP contribution >= 0.6 is 0 Å². The number of nitrogens with zero attached hydrogens (tertiary/aromatic N) is 3. The number of aliphatic carboxylic acids is 1. The number of likely N-dealkylation sites (tertiary alicyclic amines) is 1. The van der Waals surface area contributed by atoms with Crippen LogP contribution in [0.2, 0.25) is 0 Å². The first-order chi connectivity index (χ1) is 12.9. The molecule has 1 aliphatic heterocycles. The lowest BCUT2D eigenvalue weighted by molar-refractivity contribution is -0.146. The van der Waals surface area contributed by atoms with Crippen LogP contribution in [0.1, 0.15) is 32.1 Å². The molecule has 2 heterocycles. The number of hydrogen-bond donors (Lipinski definition) is 1. The third kappa shape index (κ3) is 4.90. The highest BCUT2D eigenvalue weighted by atomic mass is 19.1. The van der Waals surface area contributed by atoms with Gasteiger partial charge in [-0.3, -0.25) is 9.59 Å². The summed E-state index contributed by atoms with van der Waals surface area (Å²) in [6.07, 6.45) is 1.89. The minimum Gasteiger partial charge on any atom is -0.481 e. The fraction of sp³-hybridized carbons (Fsp3) is 0.474. The Labute approximate surface area is 156 Å². The average Bonchev–Trinajstić information content (AvgIpc) is 3.10. The third-order valence-corrected chi connectivity index (χ3v) is 4.71. The second kappa shape index (κ2) is 8.28. The van der Waals surface area contributed by atoms with Crippen LogP contribution in [0.4, 0.5) is 4.39 Å². The Morgan fingerprint density at radius 3 is 2.74 bits per heavy atom. The molecule has 0 radical (unpaired) electrons. The van der Waals surface area contributed by atoms with Crippen LogP contribution in [0.3, 0.4) is 0 Å². The topological polar surface area (TPSA) is 96.5 Å². The van der Waals surface area contributed by atoms with Crippen molar-refractivity contribution in [2.75, 3.05) is 13.1 Å². The molecular weight excluding hydrogens is 353 g/mol. The largest absolute Gasteiger partial charge is 0.481 e. The van der Waals surface area contributed by atoms with Gasteiger partial charge in [0.05, 0.1) is 5.92 Å². The number of rotatable bonds is 6. The van der Waals surface area contributed by atoms with Crippen LogP contribution in [0.25, 0.3) is 11.4 Å². The van der Waals surface area contributed by atoms with Crippen LogP contribution < -0.4 is 0 Å². The number of aromatic nitrogens is 2. The first-order valence-corrected chi connectivity index (χ1v) is 9.01. The minimum absolute atomic E-state index is 0.0499. The van der Waals surface area contributed by atoms with Gasteiger partial charge in [-0.25, -0.2) is 4.39 Å². The molecule has 144 valence electrons. The molecule has 1 aromatic carbocycles. The zero-order valence-corrected chi connectivity index (χ0v) is 15.1. The summed E-state index contributed by atoms with van der Waals surface area (Å²) < 4.78 is 18.1. The maximum Gasteiger partial charge on any atom is 0.308 e. The van der Waals surface area contributed by atoms with Gasteiger partial charge in [-0.1, -0.05) is 12.1 Å². The van der Waals surface area contributed by atoms with Gasteiger partial charge in [-0.15, -0.1) is 0 Å². The summed E-state index contributed by atoms with van der Waals surface area (Å²) in [5, 5.41) is 13.1. The van der Waals surface area contributed by atoms with Crippen LogP contribution in [0.5, 0.6) is 0 Å². The summed E-state index contributed by atoms with van der Waals surface area (Å²) in [4.78, 5) is 29.5. The summed E-state index contributed by atoms with van der Waals surface area (Å²) in [6, 6.07) is 5.80. The van der Waals surface area contributed by atoms with Crippen molar-refractivity contribution < 1.29 is 23.6 Å². The Kier molecular flexibility index (Phi) is 5.83. The van der Waals surface area contributed by atoms with Crippen LogP contribution in [0, 0.1) is 17.7 Å². The van der Waals surface area contributed by atoms with Crippen molar-refractivity contribution >= 4 is 11.9 Å². The first kappa shape index (κ1) is 19.0. The monoisotopic (exact) mass is 375 g/mol. The molecule has 1 aromatic heterocycles. The Balaban J connectivity index is 1.50. The summed E-state index contributed by atoms with van der Waals surface area (Å²) in [5.74, 6) is -0.754. The lowest BCUT2D eigenvalue weighted by atomic mass is 9.90. The van der Waals surface area contributed by atoms with Gasteiger partial charge in [0.1, 0.15) is 5.82 Å². The van der Waals surface area contributed by atoms with Crippen molar-refractivity contribution in [3.8, 4) is 11.4 Å². The quantitative estimate of drug-likeness (QED) is 0.834. The maximum atomic E-state index is 13.0. The van der Waals surface area contributed by atoms with E-state index in [9.17, 15) is 19.1 Å². The molecule has 2 atom stereocenters. The van der Waals surface area contributed by atoms with Crippen LogP contribution in [-0.2, 0) is 16.0 Å². The number of carbonyl (C=O) groups is 2. The molecular formula is C19H22FN3O4. The number of amides is 1. The lowest BCUT2D eigenvalue weighted by Gasteiger charge is -2.34. The van der Waals surface area contributed by atoms with Crippen molar-refractivity contribution in [2.45, 2.75) is 32.6 Å². The van der Waals surface area contributed by atoms with E-state index >= 15 is 0 Å². The molecule has 0 saturated carbocycles. The van der Waals surface area contributed by atoms with Crippen molar-refractivity contribution in [3.05, 3.63) is 36.0 Å². The second-order valence-electron chi connectivity index (χ2n) is 7.05. The van der Waals surface area contributed by atoms with Crippen molar-refractivity contribution in [2.24, 2.45) is 11.8 Å². The minimum atomic E-state index is -0.849. The van der Waals surface area contributed by atoms with Crippen molar-refractivity contribution in [1.29, 1.82) is 0 Å². The number of benzene rings is 1. The van der Waals surface area contributed by atoms with E-state index in [-0.39, 0.29) is 24.2 Å². The molecule has 8 heteroatoms. The molecule has 7 nitrogen and oxygen atoms in total. The van der Waals surface area contributed by atoms with Gasteiger partial charge >= 0.3 is 5.97 Å². The van der Waals surface area contributed by atoms with Gasteiger partial charge in [-0.2, -0.15) is 4.98 Å². The van der Waals surface area contributed by atoms with Gasteiger partial charge in [0, 0.05) is 31.5 Å². The van der Waals surface area contributed by atoms with Gasteiger partial charge in [-0.05, 0) is 43.0 Å². The second-order valence-corrected chi connectivity index (χ2v) is 7.05. The number of aryl methyl sites for hydroxylation is 1. The Morgan fingerprint density at radius 2 is 2.04 bits per heavy atom. The SMILES string of the molecule is CC1CC(C(=O)O)CN(C(=O)CCCc2nc(-c3ccc(F)cc3)no2)C1. The van der Waals surface area contributed by atoms with Crippen LogP contribution in [-0.4, -0.2) is 45.1 Å². The zero-order valence-electron chi connectivity index (χ0n) is 15.1. The van der Waals surface area contributed by atoms with E-state index in [0.717, 1.165) is 0 Å². The number of carboxylic acid groups (broad SMARTS) is 1. The van der Waals surface area contributed by atoms with Gasteiger partial charge < -0.3 is 14.5 Å². The predicted octanol–water partition coefficient (Wildman–Crippen LogP) is 2.77. The maximum absolute atomic E-state index is 13.0. The highest BCUT2D eigenvalue weighted by Crippen LogP contribution is 2.23. The van der Waals surface area contributed by atoms with E-state index in [1.807, 2.05) is 6.92 Å². The van der Waals surface area contributed by atoms with E-state index in [2.05, 4.69) is 10.1 Å². The Hall–Kier alpha value is -2.77. The molecule has 2 aromatic rings. The first-order valence-electron chi connectivity index (χ1n) is 9.01. The molecule has 27 heavy (non-hydrogen) atoms. The zero-order chi connectivity index (χ0) is 19.4. The highest BCUT2D eigenvalue weighted by Gasteiger charge is 2.31. The normalized spacial score (nSPS) is 19.9. The molecule has 0 aliphatic carbocycles. The number of halogens is 1. The average molecular weight is 375 g/mol. The van der Waals surface area contributed by atoms with Gasteiger partial charge in [0.2, 0.25) is 17.6 Å². The number of piperidine rings is 1. The summed E-state index contributed by atoms with van der Waals surface area (Å²) >= 11 is 0. The molecule has 0 bridgehead atoms. The summed E-state index contributed by atoms with van der Waals surface area (Å²) in [6.45, 7) is 2.83. The van der Waals surface area contributed by atoms with E-state index in [1.165, 1.54) is 12.1 Å². The van der Waals surface area contributed by atoms with Gasteiger partial charge in [0.15, 0.2) is 0 Å². The molecule has 1 saturated heterocycles. The number of carboxylic acids is 1. The highest BCUT2D eigenvalue weighted by molar-refractivity contribution is 5.78. The smallest absolute Gasteiger partial charge is 0.308 e. The molecule has 0 spiro atoms. The van der Waals surface area contributed by atoms with E-state index in [1.54, 1.807) is 17.0 Å². The lowest BCUT2D eigenvalue weighted by Crippen LogP contribution is -2.45. The van der Waals surface area contributed by atoms with E-state index < -0.39 is 11.9 Å². The standard InChI is InChI=1S/C19H22FN3O4/c1-12-9-14(19(25)26)11-23(10-12)17(24)4-2-3-16-21-18(22-27-16)13-5-7-15(20)8-6-13/h5-8,12,14H,2-4,9-11H2,1H3,(H,25,26). The van der Waals surface area contributed by atoms with Gasteiger partial charge in [0.25, 0.3) is 0 Å². The fourth-order valence-electron chi connectivity index (χ4n) is 3.36. The Bertz CT molecular complexity index is 806. The molecule has 1 fully saturated rings. The molecule has 1 amide bonds. The fourth-order valence-corrected chi connectivity index (χ4v) is 3.36. The number of hydrogen-bond acceptors (Lipinski definition) is 5. The summed E-state index contributed by atoms with van der Waals surface area (Å²) in [7, 11) is 0. The van der Waals surface area contributed by atoms with E-state index in [0.29, 0.717) is 49.5 Å². The molecule has 2 unspecified atom stereocenters. The molecule has 3 rings (SSSR count).